The minimum Gasteiger partial charge on any atom is -0.497 e. The molecule has 2 N–H and O–H groups in total. The number of rotatable bonds is 8. The van der Waals surface area contributed by atoms with Crippen LogP contribution >= 0.6 is 11.3 Å². The summed E-state index contributed by atoms with van der Waals surface area (Å²) in [4.78, 5) is 13.2. The van der Waals surface area contributed by atoms with Crippen molar-refractivity contribution >= 4 is 27.3 Å². The van der Waals surface area contributed by atoms with Gasteiger partial charge in [0.15, 0.2) is 0 Å². The Bertz CT molecular complexity index is 1120. The molecule has 2 aliphatic carbocycles. The van der Waals surface area contributed by atoms with Crippen LogP contribution in [0.2, 0.25) is 0 Å². The van der Waals surface area contributed by atoms with Crippen LogP contribution < -0.4 is 15.4 Å². The van der Waals surface area contributed by atoms with Crippen LogP contribution in [-0.4, -0.2) is 50.9 Å². The predicted molar refractivity (Wildman–Crippen MR) is 128 cm³/mol. The van der Waals surface area contributed by atoms with Crippen molar-refractivity contribution in [2.45, 2.75) is 54.9 Å². The number of carbonyl (C=O) groups is 1. The highest BCUT2D eigenvalue weighted by Gasteiger charge is 2.42. The van der Waals surface area contributed by atoms with Gasteiger partial charge in [0, 0.05) is 35.6 Å². The fourth-order valence-corrected chi connectivity index (χ4v) is 8.54. The lowest BCUT2D eigenvalue weighted by Crippen LogP contribution is -2.43. The van der Waals surface area contributed by atoms with Crippen molar-refractivity contribution in [1.29, 1.82) is 0 Å². The Hall–Kier alpha value is -1.94. The summed E-state index contributed by atoms with van der Waals surface area (Å²) >= 11 is 1.23. The van der Waals surface area contributed by atoms with Gasteiger partial charge in [-0.3, -0.25) is 4.79 Å². The van der Waals surface area contributed by atoms with Crippen molar-refractivity contribution in [2.75, 3.05) is 20.2 Å². The van der Waals surface area contributed by atoms with Crippen molar-refractivity contribution in [3.05, 3.63) is 46.8 Å². The first-order valence-corrected chi connectivity index (χ1v) is 13.9. The zero-order valence-electron chi connectivity index (χ0n) is 18.8. The standard InChI is InChI=1S/C24H31N3O4S2/c1-31-20-4-2-3-18(13-20)24(28)25-14-21-7-8-23(32-21)33(29,30)27-10-9-19(15-27)26-22-12-16-5-6-17(22)11-16/h2-4,7-8,13,16-17,19,22,26H,5-6,9-12,14-15H2,1H3,(H,25,28). The fraction of sp³-hybridized carbons (Fsp3) is 0.542. The number of hydrogen-bond donors (Lipinski definition) is 2. The lowest BCUT2D eigenvalue weighted by Gasteiger charge is -2.26. The van der Waals surface area contributed by atoms with E-state index in [9.17, 15) is 13.2 Å². The number of fused-ring (bicyclic) bond motifs is 2. The van der Waals surface area contributed by atoms with Gasteiger partial charge in [0.25, 0.3) is 15.9 Å². The molecule has 5 rings (SSSR count). The van der Waals surface area contributed by atoms with Crippen LogP contribution in [0, 0.1) is 11.8 Å². The van der Waals surface area contributed by atoms with Gasteiger partial charge in [0.1, 0.15) is 9.96 Å². The molecule has 3 aliphatic rings. The Morgan fingerprint density at radius 2 is 2.06 bits per heavy atom. The summed E-state index contributed by atoms with van der Waals surface area (Å²) < 4.78 is 33.5. The van der Waals surface area contributed by atoms with Gasteiger partial charge in [-0.05, 0) is 67.9 Å². The van der Waals surface area contributed by atoms with Crippen LogP contribution in [0.3, 0.4) is 0 Å². The van der Waals surface area contributed by atoms with E-state index in [1.807, 2.05) is 0 Å². The molecular formula is C24H31N3O4S2. The number of nitrogens with zero attached hydrogens (tertiary/aromatic N) is 1. The van der Waals surface area contributed by atoms with E-state index in [0.717, 1.165) is 23.1 Å². The average Bonchev–Trinajstić information content (AvgIpc) is 3.62. The minimum absolute atomic E-state index is 0.221. The number of nitrogens with one attached hydrogen (secondary N) is 2. The first kappa shape index (κ1) is 22.8. The van der Waals surface area contributed by atoms with E-state index in [2.05, 4.69) is 10.6 Å². The number of benzene rings is 1. The predicted octanol–water partition coefficient (Wildman–Crippen LogP) is 3.23. The van der Waals surface area contributed by atoms with Crippen molar-refractivity contribution in [3.63, 3.8) is 0 Å². The van der Waals surface area contributed by atoms with E-state index in [4.69, 9.17) is 4.74 Å². The smallest absolute Gasteiger partial charge is 0.252 e. The Morgan fingerprint density at radius 1 is 1.18 bits per heavy atom. The van der Waals surface area contributed by atoms with Crippen LogP contribution in [0.5, 0.6) is 5.75 Å². The summed E-state index contributed by atoms with van der Waals surface area (Å²) in [6.07, 6.45) is 6.16. The summed E-state index contributed by atoms with van der Waals surface area (Å²) in [5.41, 5.74) is 0.504. The average molecular weight is 490 g/mol. The molecule has 1 saturated heterocycles. The highest BCUT2D eigenvalue weighted by molar-refractivity contribution is 7.91. The second-order valence-electron chi connectivity index (χ2n) is 9.43. The van der Waals surface area contributed by atoms with Crippen LogP contribution in [0.1, 0.15) is 47.3 Å². The molecule has 7 nitrogen and oxygen atoms in total. The molecule has 33 heavy (non-hydrogen) atoms. The molecule has 2 aromatic rings. The molecule has 1 aliphatic heterocycles. The second-order valence-corrected chi connectivity index (χ2v) is 12.8. The third-order valence-corrected chi connectivity index (χ3v) is 10.7. The zero-order chi connectivity index (χ0) is 23.0. The van der Waals surface area contributed by atoms with Gasteiger partial charge in [-0.15, -0.1) is 11.3 Å². The van der Waals surface area contributed by atoms with Gasteiger partial charge in [-0.25, -0.2) is 8.42 Å². The molecular weight excluding hydrogens is 458 g/mol. The first-order chi connectivity index (χ1) is 15.9. The summed E-state index contributed by atoms with van der Waals surface area (Å²) in [5, 5.41) is 6.62. The monoisotopic (exact) mass is 489 g/mol. The molecule has 2 heterocycles. The number of methoxy groups -OCH3 is 1. The quantitative estimate of drug-likeness (QED) is 0.595. The third kappa shape index (κ3) is 4.82. The van der Waals surface area contributed by atoms with Crippen molar-refractivity contribution in [3.8, 4) is 5.75 Å². The van der Waals surface area contributed by atoms with E-state index >= 15 is 0 Å². The van der Waals surface area contributed by atoms with Gasteiger partial charge < -0.3 is 15.4 Å². The number of amides is 1. The number of ether oxygens (including phenoxy) is 1. The maximum absolute atomic E-state index is 13.2. The van der Waals surface area contributed by atoms with Crippen molar-refractivity contribution in [2.24, 2.45) is 11.8 Å². The Kier molecular flexibility index (Phi) is 6.48. The summed E-state index contributed by atoms with van der Waals surface area (Å²) in [6.45, 7) is 1.38. The molecule has 1 amide bonds. The summed E-state index contributed by atoms with van der Waals surface area (Å²) in [5.74, 6) is 2.06. The SMILES string of the molecule is COc1cccc(C(=O)NCc2ccc(S(=O)(=O)N3CCC(NC4CC5CCC4C5)C3)s2)c1. The maximum Gasteiger partial charge on any atom is 0.252 e. The summed E-state index contributed by atoms with van der Waals surface area (Å²) in [7, 11) is -1.95. The Morgan fingerprint density at radius 3 is 2.82 bits per heavy atom. The van der Waals surface area contributed by atoms with Crippen molar-refractivity contribution < 1.29 is 17.9 Å². The molecule has 9 heteroatoms. The Balaban J connectivity index is 1.16. The molecule has 2 saturated carbocycles. The lowest BCUT2D eigenvalue weighted by molar-refractivity contribution is 0.0951. The first-order valence-electron chi connectivity index (χ1n) is 11.7. The normalized spacial score (nSPS) is 27.2. The van der Waals surface area contributed by atoms with Crippen LogP contribution in [0.15, 0.2) is 40.6 Å². The molecule has 0 radical (unpaired) electrons. The van der Waals surface area contributed by atoms with E-state index in [1.165, 1.54) is 37.0 Å². The highest BCUT2D eigenvalue weighted by Crippen LogP contribution is 2.44. The Labute approximate surface area is 199 Å². The molecule has 3 fully saturated rings. The summed E-state index contributed by atoms with van der Waals surface area (Å²) in [6, 6.07) is 11.2. The van der Waals surface area contributed by atoms with E-state index < -0.39 is 10.0 Å². The molecule has 4 unspecified atom stereocenters. The van der Waals surface area contributed by atoms with E-state index in [-0.39, 0.29) is 18.5 Å². The fourth-order valence-electron chi connectivity index (χ4n) is 5.59. The molecule has 1 aromatic heterocycles. The molecule has 0 spiro atoms. The number of carbonyl (C=O) groups excluding carboxylic acids is 1. The molecule has 4 atom stereocenters. The topological polar surface area (TPSA) is 87.7 Å². The number of sulfonamides is 1. The lowest BCUT2D eigenvalue weighted by atomic mass is 9.94. The highest BCUT2D eigenvalue weighted by atomic mass is 32.2. The number of hydrogen-bond acceptors (Lipinski definition) is 6. The van der Waals surface area contributed by atoms with Crippen molar-refractivity contribution in [1.82, 2.24) is 14.9 Å². The van der Waals surface area contributed by atoms with Crippen LogP contribution in [-0.2, 0) is 16.6 Å². The zero-order valence-corrected chi connectivity index (χ0v) is 20.5. The van der Waals surface area contributed by atoms with Gasteiger partial charge >= 0.3 is 0 Å². The van der Waals surface area contributed by atoms with Gasteiger partial charge in [-0.1, -0.05) is 12.5 Å². The third-order valence-electron chi connectivity index (χ3n) is 7.33. The van der Waals surface area contributed by atoms with E-state index in [0.29, 0.717) is 34.7 Å². The van der Waals surface area contributed by atoms with E-state index in [1.54, 1.807) is 47.8 Å². The number of thiophene rings is 1. The van der Waals surface area contributed by atoms with Crippen LogP contribution in [0.4, 0.5) is 0 Å². The van der Waals surface area contributed by atoms with Gasteiger partial charge in [0.2, 0.25) is 0 Å². The second kappa shape index (κ2) is 9.37. The van der Waals surface area contributed by atoms with Crippen LogP contribution in [0.25, 0.3) is 0 Å². The minimum atomic E-state index is -3.51. The molecule has 2 bridgehead atoms. The maximum atomic E-state index is 13.2. The molecule has 178 valence electrons. The van der Waals surface area contributed by atoms with Gasteiger partial charge in [0.05, 0.1) is 13.7 Å². The van der Waals surface area contributed by atoms with Gasteiger partial charge in [-0.2, -0.15) is 4.31 Å². The largest absolute Gasteiger partial charge is 0.497 e. The molecule has 1 aromatic carbocycles.